The lowest BCUT2D eigenvalue weighted by Gasteiger charge is -2.37. The van der Waals surface area contributed by atoms with Crippen molar-refractivity contribution in [1.29, 1.82) is 0 Å². The first-order chi connectivity index (χ1) is 11.8. The van der Waals surface area contributed by atoms with E-state index >= 15 is 0 Å². The van der Waals surface area contributed by atoms with Gasteiger partial charge in [-0.2, -0.15) is 0 Å². The van der Waals surface area contributed by atoms with Gasteiger partial charge in [0, 0.05) is 44.3 Å². The lowest BCUT2D eigenvalue weighted by Crippen LogP contribution is -2.48. The molecule has 2 aromatic rings. The molecule has 24 heavy (non-hydrogen) atoms. The van der Waals surface area contributed by atoms with Crippen molar-refractivity contribution in [1.82, 2.24) is 19.4 Å². The van der Waals surface area contributed by atoms with Crippen LogP contribution in [-0.4, -0.2) is 51.3 Å². The summed E-state index contributed by atoms with van der Waals surface area (Å²) in [6.45, 7) is 3.38. The van der Waals surface area contributed by atoms with Gasteiger partial charge in [0.1, 0.15) is 5.82 Å². The predicted molar refractivity (Wildman–Crippen MR) is 89.6 cm³/mol. The van der Waals surface area contributed by atoms with Gasteiger partial charge < -0.3 is 14.0 Å². The minimum atomic E-state index is 0.316. The number of ether oxygens (including phenoxy) is 2. The SMILES string of the molecule is Cn1ccnc1CN1CCOC2CC(COc3ccccn3)CC21. The van der Waals surface area contributed by atoms with Crippen molar-refractivity contribution in [3.63, 3.8) is 0 Å². The Bertz CT molecular complexity index is 660. The second kappa shape index (κ2) is 6.91. The summed E-state index contributed by atoms with van der Waals surface area (Å²) in [6.07, 6.45) is 8.13. The molecule has 0 amide bonds. The van der Waals surface area contributed by atoms with Gasteiger partial charge in [0.05, 0.1) is 25.9 Å². The van der Waals surface area contributed by atoms with Crippen LogP contribution in [0.5, 0.6) is 5.88 Å². The predicted octanol–water partition coefficient (Wildman–Crippen LogP) is 1.87. The van der Waals surface area contributed by atoms with Crippen LogP contribution < -0.4 is 4.74 Å². The Morgan fingerprint density at radius 1 is 1.25 bits per heavy atom. The first kappa shape index (κ1) is 15.6. The fourth-order valence-electron chi connectivity index (χ4n) is 3.82. The maximum atomic E-state index is 6.02. The number of aryl methyl sites for hydroxylation is 1. The van der Waals surface area contributed by atoms with Gasteiger partial charge in [-0.05, 0) is 24.8 Å². The third kappa shape index (κ3) is 3.30. The van der Waals surface area contributed by atoms with E-state index in [0.29, 0.717) is 30.6 Å². The van der Waals surface area contributed by atoms with E-state index in [4.69, 9.17) is 9.47 Å². The van der Waals surface area contributed by atoms with Crippen molar-refractivity contribution in [2.45, 2.75) is 31.5 Å². The number of pyridine rings is 1. The van der Waals surface area contributed by atoms with Crippen molar-refractivity contribution in [2.24, 2.45) is 13.0 Å². The molecule has 3 heterocycles. The molecule has 0 N–H and O–H groups in total. The van der Waals surface area contributed by atoms with Gasteiger partial charge >= 0.3 is 0 Å². The lowest BCUT2D eigenvalue weighted by atomic mass is 10.1. The summed E-state index contributed by atoms with van der Waals surface area (Å²) in [5, 5.41) is 0. The Morgan fingerprint density at radius 3 is 3.00 bits per heavy atom. The summed E-state index contributed by atoms with van der Waals surface area (Å²) in [7, 11) is 2.05. The summed E-state index contributed by atoms with van der Waals surface area (Å²) >= 11 is 0. The summed E-state index contributed by atoms with van der Waals surface area (Å²) in [6, 6.07) is 6.23. The second-order valence-corrected chi connectivity index (χ2v) is 6.72. The fraction of sp³-hybridized carbons (Fsp3) is 0.556. The largest absolute Gasteiger partial charge is 0.477 e. The molecular formula is C18H24N4O2. The highest BCUT2D eigenvalue weighted by Crippen LogP contribution is 2.35. The van der Waals surface area contributed by atoms with Crippen LogP contribution >= 0.6 is 0 Å². The maximum absolute atomic E-state index is 6.02. The molecule has 128 valence electrons. The Balaban J connectivity index is 1.36. The smallest absolute Gasteiger partial charge is 0.213 e. The topological polar surface area (TPSA) is 52.4 Å². The van der Waals surface area contributed by atoms with Gasteiger partial charge in [0.25, 0.3) is 0 Å². The van der Waals surface area contributed by atoms with E-state index in [2.05, 4.69) is 26.5 Å². The average molecular weight is 328 g/mol. The van der Waals surface area contributed by atoms with Crippen LogP contribution in [0.15, 0.2) is 36.8 Å². The number of fused-ring (bicyclic) bond motifs is 1. The summed E-state index contributed by atoms with van der Waals surface area (Å²) in [4.78, 5) is 11.2. The molecule has 4 rings (SSSR count). The minimum absolute atomic E-state index is 0.316. The molecule has 1 aliphatic carbocycles. The fourth-order valence-corrected chi connectivity index (χ4v) is 3.82. The van der Waals surface area contributed by atoms with Gasteiger partial charge in [-0.1, -0.05) is 6.07 Å². The number of morpholine rings is 1. The van der Waals surface area contributed by atoms with Crippen molar-refractivity contribution >= 4 is 0 Å². The Kier molecular flexibility index (Phi) is 4.49. The summed E-state index contributed by atoms with van der Waals surface area (Å²) in [5.74, 6) is 2.34. The van der Waals surface area contributed by atoms with E-state index in [0.717, 1.165) is 38.4 Å². The number of imidazole rings is 1. The minimum Gasteiger partial charge on any atom is -0.477 e. The van der Waals surface area contributed by atoms with Crippen molar-refractivity contribution in [2.75, 3.05) is 19.8 Å². The van der Waals surface area contributed by atoms with Crippen molar-refractivity contribution in [3.05, 3.63) is 42.6 Å². The average Bonchev–Trinajstić information content (AvgIpc) is 3.21. The molecule has 2 aliphatic rings. The molecule has 6 nitrogen and oxygen atoms in total. The molecule has 2 aromatic heterocycles. The zero-order valence-electron chi connectivity index (χ0n) is 14.0. The van der Waals surface area contributed by atoms with Gasteiger partial charge in [-0.3, -0.25) is 4.90 Å². The maximum Gasteiger partial charge on any atom is 0.213 e. The highest BCUT2D eigenvalue weighted by atomic mass is 16.5. The van der Waals surface area contributed by atoms with Gasteiger partial charge in [-0.25, -0.2) is 9.97 Å². The van der Waals surface area contributed by atoms with Gasteiger partial charge in [0.15, 0.2) is 0 Å². The number of hydrogen-bond donors (Lipinski definition) is 0. The second-order valence-electron chi connectivity index (χ2n) is 6.72. The molecule has 1 aliphatic heterocycles. The van der Waals surface area contributed by atoms with Gasteiger partial charge in [-0.15, -0.1) is 0 Å². The normalized spacial score (nSPS) is 27.1. The molecule has 3 unspecified atom stereocenters. The van der Waals surface area contributed by atoms with E-state index in [1.165, 1.54) is 0 Å². The third-order valence-electron chi connectivity index (χ3n) is 5.12. The van der Waals surface area contributed by atoms with Crippen LogP contribution in [0.2, 0.25) is 0 Å². The standard InChI is InChI=1S/C18H24N4O2/c1-21-7-6-19-17(21)12-22-8-9-23-16-11-14(10-15(16)22)13-24-18-4-2-3-5-20-18/h2-7,14-16H,8-13H2,1H3. The molecule has 0 aromatic carbocycles. The zero-order chi connectivity index (χ0) is 16.4. The number of nitrogens with zero attached hydrogens (tertiary/aromatic N) is 4. The number of hydrogen-bond acceptors (Lipinski definition) is 5. The Morgan fingerprint density at radius 2 is 2.21 bits per heavy atom. The van der Waals surface area contributed by atoms with Crippen LogP contribution in [0.3, 0.4) is 0 Å². The van der Waals surface area contributed by atoms with Crippen LogP contribution in [0.4, 0.5) is 0 Å². The molecule has 0 spiro atoms. The Labute approximate surface area is 142 Å². The van der Waals surface area contributed by atoms with Crippen LogP contribution in [0.1, 0.15) is 18.7 Å². The molecule has 6 heteroatoms. The molecule has 0 bridgehead atoms. The monoisotopic (exact) mass is 328 g/mol. The van der Waals surface area contributed by atoms with E-state index < -0.39 is 0 Å². The van der Waals surface area contributed by atoms with E-state index in [1.54, 1.807) is 6.20 Å². The summed E-state index contributed by atoms with van der Waals surface area (Å²) in [5.41, 5.74) is 0. The van der Waals surface area contributed by atoms with Crippen LogP contribution in [0, 0.1) is 5.92 Å². The highest BCUT2D eigenvalue weighted by Gasteiger charge is 2.41. The molecule has 2 fully saturated rings. The molecule has 1 saturated carbocycles. The van der Waals surface area contributed by atoms with E-state index in [9.17, 15) is 0 Å². The van der Waals surface area contributed by atoms with Crippen molar-refractivity contribution in [3.8, 4) is 5.88 Å². The van der Waals surface area contributed by atoms with E-state index in [1.807, 2.05) is 30.6 Å². The molecule has 1 saturated heterocycles. The Hall–Kier alpha value is -1.92. The first-order valence-electron chi connectivity index (χ1n) is 8.65. The van der Waals surface area contributed by atoms with E-state index in [-0.39, 0.29) is 0 Å². The summed E-state index contributed by atoms with van der Waals surface area (Å²) < 4.78 is 14.0. The molecule has 3 atom stereocenters. The molecular weight excluding hydrogens is 304 g/mol. The zero-order valence-corrected chi connectivity index (χ0v) is 14.0. The first-order valence-corrected chi connectivity index (χ1v) is 8.65. The third-order valence-corrected chi connectivity index (χ3v) is 5.12. The highest BCUT2D eigenvalue weighted by molar-refractivity contribution is 5.09. The number of rotatable bonds is 5. The van der Waals surface area contributed by atoms with Crippen molar-refractivity contribution < 1.29 is 9.47 Å². The quantitative estimate of drug-likeness (QED) is 0.839. The number of aromatic nitrogens is 3. The molecule has 0 radical (unpaired) electrons. The van der Waals surface area contributed by atoms with Gasteiger partial charge in [0.2, 0.25) is 5.88 Å². The van der Waals surface area contributed by atoms with Crippen LogP contribution in [-0.2, 0) is 18.3 Å². The van der Waals surface area contributed by atoms with Crippen LogP contribution in [0.25, 0.3) is 0 Å². The lowest BCUT2D eigenvalue weighted by molar-refractivity contribution is -0.0600.